The van der Waals surface area contributed by atoms with Crippen molar-refractivity contribution < 1.29 is 24.2 Å². The number of amides is 1. The summed E-state index contributed by atoms with van der Waals surface area (Å²) in [6.45, 7) is 2.95. The van der Waals surface area contributed by atoms with Crippen LogP contribution in [0.15, 0.2) is 23.7 Å². The number of pyridine rings is 1. The molecule has 3 aromatic heterocycles. The first kappa shape index (κ1) is 32.5. The maximum atomic E-state index is 13.1. The number of thiazole rings is 1. The predicted octanol–water partition coefficient (Wildman–Crippen LogP) is 5.40. The fraction of sp³-hybridized carbons (Fsp3) is 0.440. The number of hydrogen-bond donors (Lipinski definition) is 2. The number of halogens is 3. The van der Waals surface area contributed by atoms with Crippen LogP contribution in [0.1, 0.15) is 28.1 Å². The molecule has 0 aromatic carbocycles. The number of anilines is 2. The molecular weight excluding hydrogens is 621 g/mol. The number of carboxylic acid groups (broad SMARTS) is 1. The number of nitrogens with zero attached hydrogens (tertiary/aromatic N) is 4. The van der Waals surface area contributed by atoms with Gasteiger partial charge in [-0.3, -0.25) is 15.0 Å². The minimum Gasteiger partial charge on any atom is -0.480 e. The van der Waals surface area contributed by atoms with Crippen LogP contribution in [0.2, 0.25) is 10.0 Å². The number of ether oxygens (including phenoxy) is 2. The van der Waals surface area contributed by atoms with E-state index >= 15 is 0 Å². The third-order valence-corrected chi connectivity index (χ3v) is 8.60. The Morgan fingerprint density at radius 1 is 1.27 bits per heavy atom. The summed E-state index contributed by atoms with van der Waals surface area (Å²) in [6, 6.07) is 3.47. The number of rotatable bonds is 12. The molecule has 2 N–H and O–H groups in total. The lowest BCUT2D eigenvalue weighted by atomic mass is 10.1. The van der Waals surface area contributed by atoms with Gasteiger partial charge in [-0.15, -0.1) is 23.7 Å². The van der Waals surface area contributed by atoms with Crippen LogP contribution in [0.25, 0.3) is 10.6 Å². The molecule has 15 heteroatoms. The van der Waals surface area contributed by atoms with Crippen molar-refractivity contribution >= 4 is 81.1 Å². The normalized spacial score (nSPS) is 13.9. The summed E-state index contributed by atoms with van der Waals surface area (Å²) in [6.07, 6.45) is 2.71. The predicted molar refractivity (Wildman–Crippen MR) is 162 cm³/mol. The van der Waals surface area contributed by atoms with Crippen LogP contribution >= 0.6 is 58.3 Å². The van der Waals surface area contributed by atoms with Crippen molar-refractivity contribution in [1.29, 1.82) is 0 Å². The van der Waals surface area contributed by atoms with Crippen LogP contribution in [-0.2, 0) is 20.8 Å². The number of aromatic nitrogens is 2. The van der Waals surface area contributed by atoms with Crippen molar-refractivity contribution in [3.05, 3.63) is 44.2 Å². The van der Waals surface area contributed by atoms with Crippen LogP contribution in [0.5, 0.6) is 0 Å². The zero-order valence-corrected chi connectivity index (χ0v) is 25.9. The van der Waals surface area contributed by atoms with Gasteiger partial charge in [0.15, 0.2) is 5.13 Å². The molecule has 0 saturated carbocycles. The number of carbonyl (C=O) groups excluding carboxylic acids is 1. The summed E-state index contributed by atoms with van der Waals surface area (Å²) in [7, 11) is 3.67. The Labute approximate surface area is 256 Å². The third kappa shape index (κ3) is 8.73. The molecule has 0 unspecified atom stereocenters. The minimum atomic E-state index is -0.980. The Bertz CT molecular complexity index is 1300. The third-order valence-electron chi connectivity index (χ3n) is 6.08. The summed E-state index contributed by atoms with van der Waals surface area (Å²) in [5, 5.41) is 15.0. The van der Waals surface area contributed by atoms with E-state index in [1.807, 2.05) is 23.4 Å². The lowest BCUT2D eigenvalue weighted by Gasteiger charge is -2.32. The van der Waals surface area contributed by atoms with Gasteiger partial charge in [0.2, 0.25) is 0 Å². The van der Waals surface area contributed by atoms with Crippen molar-refractivity contribution in [2.45, 2.75) is 25.5 Å². The molecule has 0 bridgehead atoms. The molecule has 1 saturated heterocycles. The van der Waals surface area contributed by atoms with Crippen molar-refractivity contribution in [2.24, 2.45) is 0 Å². The van der Waals surface area contributed by atoms with Gasteiger partial charge < -0.3 is 19.5 Å². The van der Waals surface area contributed by atoms with E-state index in [2.05, 4.69) is 15.2 Å². The molecule has 4 rings (SSSR count). The fourth-order valence-electron chi connectivity index (χ4n) is 4.09. The van der Waals surface area contributed by atoms with E-state index in [-0.39, 0.29) is 31.0 Å². The highest BCUT2D eigenvalue weighted by Gasteiger charge is 2.24. The number of aliphatic carboxylic acids is 1. The second kappa shape index (κ2) is 15.3. The summed E-state index contributed by atoms with van der Waals surface area (Å²) in [5.41, 5.74) is 1.11. The molecule has 3 aromatic rings. The Morgan fingerprint density at radius 2 is 2.02 bits per heavy atom. The molecule has 1 aliphatic rings. The molecule has 0 radical (unpaired) electrons. The number of likely N-dealkylation sites (N-methyl/N-ethyl adjacent to an activating group) is 1. The molecule has 10 nitrogen and oxygen atoms in total. The molecule has 218 valence electrons. The van der Waals surface area contributed by atoms with Gasteiger partial charge in [0.05, 0.1) is 38.9 Å². The largest absolute Gasteiger partial charge is 0.480 e. The second-order valence-electron chi connectivity index (χ2n) is 9.03. The lowest BCUT2D eigenvalue weighted by Crippen LogP contribution is -2.38. The van der Waals surface area contributed by atoms with E-state index in [4.69, 9.17) is 42.8 Å². The Balaban J connectivity index is 0.00000441. The van der Waals surface area contributed by atoms with Crippen LogP contribution in [0, 0.1) is 0 Å². The SMILES string of the molecule is COCCN(C)Cc1sc(NC(=O)c2cnc(N3CCC(OCC(=O)O)CC3)c(Cl)c2)nc1-c1cc(Cl)cs1.Cl. The maximum absolute atomic E-state index is 13.1. The van der Waals surface area contributed by atoms with Gasteiger partial charge in [-0.2, -0.15) is 0 Å². The highest BCUT2D eigenvalue weighted by Crippen LogP contribution is 2.37. The highest BCUT2D eigenvalue weighted by atomic mass is 35.5. The molecule has 40 heavy (non-hydrogen) atoms. The van der Waals surface area contributed by atoms with Crippen LogP contribution in [0.3, 0.4) is 0 Å². The average Bonchev–Trinajstić information content (AvgIpc) is 3.51. The van der Waals surface area contributed by atoms with Crippen LogP contribution < -0.4 is 10.2 Å². The zero-order valence-electron chi connectivity index (χ0n) is 21.9. The van der Waals surface area contributed by atoms with Crippen molar-refractivity contribution in [1.82, 2.24) is 14.9 Å². The monoisotopic (exact) mass is 649 g/mol. The molecule has 4 heterocycles. The van der Waals surface area contributed by atoms with E-state index in [9.17, 15) is 9.59 Å². The van der Waals surface area contributed by atoms with Gasteiger partial charge in [-0.25, -0.2) is 14.8 Å². The molecule has 1 aliphatic heterocycles. The highest BCUT2D eigenvalue weighted by molar-refractivity contribution is 7.17. The fourth-order valence-corrected chi connectivity index (χ4v) is 6.59. The van der Waals surface area contributed by atoms with Crippen molar-refractivity contribution in [3.63, 3.8) is 0 Å². The van der Waals surface area contributed by atoms with Crippen LogP contribution in [-0.4, -0.2) is 85.0 Å². The topological polar surface area (TPSA) is 117 Å². The van der Waals surface area contributed by atoms with Gasteiger partial charge >= 0.3 is 5.97 Å². The zero-order chi connectivity index (χ0) is 27.9. The van der Waals surface area contributed by atoms with Gasteiger partial charge in [0.1, 0.15) is 12.4 Å². The number of hydrogen-bond acceptors (Lipinski definition) is 10. The summed E-state index contributed by atoms with van der Waals surface area (Å²) in [5.74, 6) is -0.760. The van der Waals surface area contributed by atoms with Gasteiger partial charge in [0.25, 0.3) is 5.91 Å². The van der Waals surface area contributed by atoms with Crippen molar-refractivity contribution in [3.8, 4) is 10.6 Å². The van der Waals surface area contributed by atoms with Crippen molar-refractivity contribution in [2.75, 3.05) is 57.2 Å². The first-order valence-corrected chi connectivity index (χ1v) is 14.7. The van der Waals surface area contributed by atoms with E-state index in [0.717, 1.165) is 22.0 Å². The van der Waals surface area contributed by atoms with Gasteiger partial charge in [0, 0.05) is 49.7 Å². The Hall–Kier alpha value is -2.03. The van der Waals surface area contributed by atoms with Crippen LogP contribution in [0.4, 0.5) is 10.9 Å². The second-order valence-corrected chi connectivity index (χ2v) is 11.9. The van der Waals surface area contributed by atoms with E-state index in [0.29, 0.717) is 65.6 Å². The molecule has 0 spiro atoms. The van der Waals surface area contributed by atoms with E-state index < -0.39 is 5.97 Å². The number of piperidine rings is 1. The first-order valence-electron chi connectivity index (χ1n) is 12.2. The van der Waals surface area contributed by atoms with Gasteiger partial charge in [-0.1, -0.05) is 34.5 Å². The lowest BCUT2D eigenvalue weighted by molar-refractivity contribution is -0.144. The maximum Gasteiger partial charge on any atom is 0.329 e. The number of nitrogens with one attached hydrogen (secondary N) is 1. The molecule has 1 fully saturated rings. The molecule has 1 amide bonds. The minimum absolute atomic E-state index is 0. The van der Waals surface area contributed by atoms with E-state index in [1.54, 1.807) is 13.2 Å². The quantitative estimate of drug-likeness (QED) is 0.266. The average molecular weight is 651 g/mol. The first-order chi connectivity index (χ1) is 18.7. The molecule has 0 atom stereocenters. The number of thiophene rings is 1. The summed E-state index contributed by atoms with van der Waals surface area (Å²) >= 11 is 15.6. The number of methoxy groups -OCH3 is 1. The van der Waals surface area contributed by atoms with E-state index in [1.165, 1.54) is 28.9 Å². The molecular formula is C25H30Cl3N5O5S2. The summed E-state index contributed by atoms with van der Waals surface area (Å²) in [4.78, 5) is 39.0. The number of carbonyl (C=O) groups is 2. The standard InChI is InChI=1S/C25H29Cl2N5O5S2.ClH/c1-31(7-8-36-2)12-20-22(19-10-16(26)14-38-19)29-25(39-20)30-24(35)15-9-18(27)23(28-11-15)32-5-3-17(4-6-32)37-13-21(33)34;/h9-11,14,17H,3-8,12-13H2,1-2H3,(H,33,34)(H,29,30,35);1H. The number of carboxylic acids is 1. The Kier molecular flexibility index (Phi) is 12.4. The smallest absolute Gasteiger partial charge is 0.329 e. The van der Waals surface area contributed by atoms with Gasteiger partial charge in [-0.05, 0) is 32.0 Å². The molecule has 0 aliphatic carbocycles. The Morgan fingerprint density at radius 3 is 2.65 bits per heavy atom. The summed E-state index contributed by atoms with van der Waals surface area (Å²) < 4.78 is 10.6.